The topological polar surface area (TPSA) is 66.7 Å². The minimum atomic E-state index is -0.575. The third-order valence-electron chi connectivity index (χ3n) is 3.91. The van der Waals surface area contributed by atoms with Crippen molar-refractivity contribution in [3.63, 3.8) is 0 Å². The van der Waals surface area contributed by atoms with E-state index in [0.29, 0.717) is 30.6 Å². The molecule has 7 heteroatoms. The van der Waals surface area contributed by atoms with Gasteiger partial charge in [0.05, 0.1) is 4.92 Å². The second-order valence-electron chi connectivity index (χ2n) is 5.64. The first kappa shape index (κ1) is 15.7. The van der Waals surface area contributed by atoms with Crippen LogP contribution in [-0.2, 0) is 0 Å². The first-order valence-corrected chi connectivity index (χ1v) is 7.08. The predicted molar refractivity (Wildman–Crippen MR) is 80.6 cm³/mol. The minimum absolute atomic E-state index is 0.0394. The number of halogens is 1. The summed E-state index contributed by atoms with van der Waals surface area (Å²) >= 11 is 5.77. The second kappa shape index (κ2) is 5.99. The zero-order valence-corrected chi connectivity index (χ0v) is 13.0. The SMILES string of the molecule is CC1CN(C(=O)c2ccc(Cl)c([N+](=O)[O-])c2)CC1N(C)C. The molecule has 1 fully saturated rings. The molecule has 1 aromatic rings. The van der Waals surface area contributed by atoms with Crippen LogP contribution in [0.1, 0.15) is 17.3 Å². The normalized spacial score (nSPS) is 21.9. The average Bonchev–Trinajstić information content (AvgIpc) is 2.80. The highest BCUT2D eigenvalue weighted by molar-refractivity contribution is 6.32. The molecule has 6 nitrogen and oxygen atoms in total. The van der Waals surface area contributed by atoms with Gasteiger partial charge in [0, 0.05) is 30.8 Å². The van der Waals surface area contributed by atoms with E-state index in [4.69, 9.17) is 11.6 Å². The van der Waals surface area contributed by atoms with Gasteiger partial charge >= 0.3 is 0 Å². The molecule has 21 heavy (non-hydrogen) atoms. The summed E-state index contributed by atoms with van der Waals surface area (Å²) in [6.45, 7) is 3.38. The summed E-state index contributed by atoms with van der Waals surface area (Å²) < 4.78 is 0. The van der Waals surface area contributed by atoms with Crippen molar-refractivity contribution < 1.29 is 9.72 Å². The van der Waals surface area contributed by atoms with Crippen LogP contribution in [0.4, 0.5) is 5.69 Å². The van der Waals surface area contributed by atoms with Crippen molar-refractivity contribution in [2.75, 3.05) is 27.2 Å². The summed E-state index contributed by atoms with van der Waals surface area (Å²) in [4.78, 5) is 26.7. The Bertz CT molecular complexity index is 577. The van der Waals surface area contributed by atoms with E-state index in [9.17, 15) is 14.9 Å². The third kappa shape index (κ3) is 3.16. The molecular formula is C14H18ClN3O3. The fourth-order valence-electron chi connectivity index (χ4n) is 2.76. The van der Waals surface area contributed by atoms with Gasteiger partial charge in [-0.15, -0.1) is 0 Å². The summed E-state index contributed by atoms with van der Waals surface area (Å²) in [7, 11) is 3.98. The van der Waals surface area contributed by atoms with Crippen LogP contribution in [0.25, 0.3) is 0 Å². The molecule has 2 rings (SSSR count). The van der Waals surface area contributed by atoms with Crippen molar-refractivity contribution in [2.45, 2.75) is 13.0 Å². The molecule has 0 spiro atoms. The molecule has 2 atom stereocenters. The quantitative estimate of drug-likeness (QED) is 0.634. The maximum Gasteiger partial charge on any atom is 0.288 e. The first-order chi connectivity index (χ1) is 9.81. The molecule has 0 N–H and O–H groups in total. The summed E-state index contributed by atoms with van der Waals surface area (Å²) in [5, 5.41) is 10.9. The van der Waals surface area contributed by atoms with E-state index in [1.54, 1.807) is 4.90 Å². The smallest absolute Gasteiger partial charge is 0.288 e. The summed E-state index contributed by atoms with van der Waals surface area (Å²) in [6.07, 6.45) is 0. The fraction of sp³-hybridized carbons (Fsp3) is 0.500. The number of nitro groups is 1. The number of rotatable bonds is 3. The fourth-order valence-corrected chi connectivity index (χ4v) is 2.94. The van der Waals surface area contributed by atoms with E-state index in [0.717, 1.165) is 0 Å². The van der Waals surface area contributed by atoms with Crippen LogP contribution in [0, 0.1) is 16.0 Å². The van der Waals surface area contributed by atoms with Gasteiger partial charge in [0.1, 0.15) is 5.02 Å². The largest absolute Gasteiger partial charge is 0.337 e. The molecule has 114 valence electrons. The Kier molecular flexibility index (Phi) is 4.49. The number of carbonyl (C=O) groups excluding carboxylic acids is 1. The number of hydrogen-bond acceptors (Lipinski definition) is 4. The number of nitro benzene ring substituents is 1. The Morgan fingerprint density at radius 1 is 1.43 bits per heavy atom. The lowest BCUT2D eigenvalue weighted by Crippen LogP contribution is -2.35. The second-order valence-corrected chi connectivity index (χ2v) is 6.05. The Morgan fingerprint density at radius 2 is 2.10 bits per heavy atom. The van der Waals surface area contributed by atoms with Crippen LogP contribution in [0.5, 0.6) is 0 Å². The molecule has 0 aliphatic carbocycles. The van der Waals surface area contributed by atoms with E-state index in [1.807, 2.05) is 14.1 Å². The van der Waals surface area contributed by atoms with Gasteiger partial charge in [-0.25, -0.2) is 0 Å². The molecule has 1 aliphatic rings. The van der Waals surface area contributed by atoms with Crippen LogP contribution in [-0.4, -0.2) is 53.9 Å². The minimum Gasteiger partial charge on any atom is -0.337 e. The summed E-state index contributed by atoms with van der Waals surface area (Å²) in [5.41, 5.74) is 0.0663. The molecule has 0 bridgehead atoms. The maximum absolute atomic E-state index is 12.5. The lowest BCUT2D eigenvalue weighted by atomic mass is 10.1. The van der Waals surface area contributed by atoms with E-state index < -0.39 is 4.92 Å². The number of nitrogens with zero attached hydrogens (tertiary/aromatic N) is 3. The summed E-state index contributed by atoms with van der Waals surface area (Å²) in [6, 6.07) is 4.48. The van der Waals surface area contributed by atoms with Crippen molar-refractivity contribution >= 4 is 23.2 Å². The molecule has 1 saturated heterocycles. The molecular weight excluding hydrogens is 294 g/mol. The lowest BCUT2D eigenvalue weighted by molar-refractivity contribution is -0.384. The molecule has 0 aromatic heterocycles. The van der Waals surface area contributed by atoms with E-state index in [2.05, 4.69) is 11.8 Å². The highest BCUT2D eigenvalue weighted by Crippen LogP contribution is 2.27. The van der Waals surface area contributed by atoms with Gasteiger partial charge in [-0.05, 0) is 32.1 Å². The van der Waals surface area contributed by atoms with Crippen LogP contribution >= 0.6 is 11.6 Å². The van der Waals surface area contributed by atoms with Crippen molar-refractivity contribution in [1.29, 1.82) is 0 Å². The number of carbonyl (C=O) groups is 1. The molecule has 1 amide bonds. The van der Waals surface area contributed by atoms with Crippen LogP contribution in [0.3, 0.4) is 0 Å². The predicted octanol–water partition coefficient (Wildman–Crippen LogP) is 2.27. The number of hydrogen-bond donors (Lipinski definition) is 0. The van der Waals surface area contributed by atoms with Crippen molar-refractivity contribution in [1.82, 2.24) is 9.80 Å². The van der Waals surface area contributed by atoms with E-state index in [1.165, 1.54) is 18.2 Å². The third-order valence-corrected chi connectivity index (χ3v) is 4.23. The number of likely N-dealkylation sites (tertiary alicyclic amines) is 1. The first-order valence-electron chi connectivity index (χ1n) is 6.71. The maximum atomic E-state index is 12.5. The molecule has 1 aromatic carbocycles. The van der Waals surface area contributed by atoms with Gasteiger partial charge in [0.25, 0.3) is 11.6 Å². The van der Waals surface area contributed by atoms with Crippen LogP contribution < -0.4 is 0 Å². The van der Waals surface area contributed by atoms with Gasteiger partial charge < -0.3 is 9.80 Å². The van der Waals surface area contributed by atoms with Gasteiger partial charge in [-0.3, -0.25) is 14.9 Å². The van der Waals surface area contributed by atoms with Gasteiger partial charge in [0.15, 0.2) is 0 Å². The van der Waals surface area contributed by atoms with Crippen LogP contribution in [0.15, 0.2) is 18.2 Å². The summed E-state index contributed by atoms with van der Waals surface area (Å²) in [5.74, 6) is 0.178. The van der Waals surface area contributed by atoms with Crippen molar-refractivity contribution in [2.24, 2.45) is 5.92 Å². The van der Waals surface area contributed by atoms with Crippen molar-refractivity contribution in [3.05, 3.63) is 38.9 Å². The van der Waals surface area contributed by atoms with Gasteiger partial charge in [-0.2, -0.15) is 0 Å². The molecule has 1 heterocycles. The van der Waals surface area contributed by atoms with Crippen LogP contribution in [0.2, 0.25) is 5.02 Å². The number of likely N-dealkylation sites (N-methyl/N-ethyl adjacent to an activating group) is 1. The number of amides is 1. The number of benzene rings is 1. The highest BCUT2D eigenvalue weighted by atomic mass is 35.5. The van der Waals surface area contributed by atoms with Crippen molar-refractivity contribution in [3.8, 4) is 0 Å². The van der Waals surface area contributed by atoms with E-state index in [-0.39, 0.29) is 16.6 Å². The zero-order chi connectivity index (χ0) is 15.7. The standard InChI is InChI=1S/C14H18ClN3O3/c1-9-7-17(8-13(9)16(2)3)14(19)10-4-5-11(15)12(6-10)18(20)21/h4-6,9,13H,7-8H2,1-3H3. The Morgan fingerprint density at radius 3 is 2.62 bits per heavy atom. The monoisotopic (exact) mass is 311 g/mol. The molecule has 2 unspecified atom stereocenters. The van der Waals surface area contributed by atoms with Gasteiger partial charge in [-0.1, -0.05) is 18.5 Å². The Labute approximate surface area is 128 Å². The lowest BCUT2D eigenvalue weighted by Gasteiger charge is -2.22. The molecule has 1 aliphatic heterocycles. The zero-order valence-electron chi connectivity index (χ0n) is 12.2. The molecule has 0 radical (unpaired) electrons. The van der Waals surface area contributed by atoms with Gasteiger partial charge in [0.2, 0.25) is 0 Å². The molecule has 0 saturated carbocycles. The highest BCUT2D eigenvalue weighted by Gasteiger charge is 2.34. The average molecular weight is 312 g/mol. The Hall–Kier alpha value is -1.66. The van der Waals surface area contributed by atoms with E-state index >= 15 is 0 Å². The Balaban J connectivity index is 2.22.